The molecule has 0 aliphatic carbocycles. The van der Waals surface area contributed by atoms with Gasteiger partial charge in [0.25, 0.3) is 5.91 Å². The van der Waals surface area contributed by atoms with Crippen LogP contribution in [-0.4, -0.2) is 45.7 Å². The second-order valence-corrected chi connectivity index (χ2v) is 5.08. The van der Waals surface area contributed by atoms with Crippen LogP contribution in [0.4, 0.5) is 8.78 Å². The molecule has 1 amide bonds. The van der Waals surface area contributed by atoms with Crippen molar-refractivity contribution in [2.45, 2.75) is 13.0 Å². The number of halogens is 2. The maximum absolute atomic E-state index is 13.3. The van der Waals surface area contributed by atoms with Gasteiger partial charge in [-0.05, 0) is 23.8 Å². The van der Waals surface area contributed by atoms with Crippen molar-refractivity contribution in [3.63, 3.8) is 0 Å². The van der Waals surface area contributed by atoms with E-state index in [1.165, 1.54) is 30.2 Å². The number of carboxylic acid groups (broad SMARTS) is 1. The molecule has 0 fully saturated rings. The maximum atomic E-state index is 13.3. The molecule has 0 unspecified atom stereocenters. The lowest BCUT2D eigenvalue weighted by Crippen LogP contribution is -2.33. The number of ether oxygens (including phenoxy) is 1. The van der Waals surface area contributed by atoms with Gasteiger partial charge in [0.2, 0.25) is 5.88 Å². The molecule has 1 aromatic heterocycles. The van der Waals surface area contributed by atoms with Crippen molar-refractivity contribution in [3.05, 3.63) is 53.2 Å². The van der Waals surface area contributed by atoms with E-state index in [1.54, 1.807) is 0 Å². The van der Waals surface area contributed by atoms with Gasteiger partial charge < -0.3 is 14.7 Å². The number of aromatic nitrogens is 2. The van der Waals surface area contributed by atoms with Gasteiger partial charge in [-0.15, -0.1) is 10.2 Å². The number of benzene rings is 1. The molecule has 7 nitrogen and oxygen atoms in total. The average Bonchev–Trinajstić information content (AvgIpc) is 2.61. The number of carboxylic acids is 1. The number of methoxy groups -OCH3 is 1. The first-order valence-electron chi connectivity index (χ1n) is 7.23. The molecule has 0 aliphatic heterocycles. The third-order valence-corrected chi connectivity index (χ3v) is 3.31. The predicted molar refractivity (Wildman–Crippen MR) is 81.9 cm³/mol. The molecular formula is C16H15F2N3O4. The molecular weight excluding hydrogens is 336 g/mol. The molecule has 2 rings (SSSR count). The first kappa shape index (κ1) is 18.2. The topological polar surface area (TPSA) is 92.6 Å². The average molecular weight is 351 g/mol. The fourth-order valence-electron chi connectivity index (χ4n) is 2.05. The molecule has 0 saturated heterocycles. The van der Waals surface area contributed by atoms with Crippen LogP contribution in [0, 0.1) is 11.6 Å². The van der Waals surface area contributed by atoms with Crippen LogP contribution in [-0.2, 0) is 11.3 Å². The van der Waals surface area contributed by atoms with Gasteiger partial charge in [-0.25, -0.2) is 8.78 Å². The van der Waals surface area contributed by atoms with Crippen LogP contribution in [0.3, 0.4) is 0 Å². The Hall–Kier alpha value is -3.10. The summed E-state index contributed by atoms with van der Waals surface area (Å²) < 4.78 is 31.2. The largest absolute Gasteiger partial charge is 0.481 e. The van der Waals surface area contributed by atoms with Crippen LogP contribution in [0.1, 0.15) is 22.5 Å². The van der Waals surface area contributed by atoms with Crippen LogP contribution in [0.5, 0.6) is 5.88 Å². The number of hydrogen-bond acceptors (Lipinski definition) is 5. The van der Waals surface area contributed by atoms with Crippen molar-refractivity contribution in [2.24, 2.45) is 0 Å². The van der Waals surface area contributed by atoms with Gasteiger partial charge in [0.05, 0.1) is 13.5 Å². The SMILES string of the molecule is COc1ccc(C(=O)N(CCC(=O)O)Cc2ccc(F)c(F)c2)nn1. The second kappa shape index (κ2) is 8.13. The van der Waals surface area contributed by atoms with Crippen molar-refractivity contribution < 1.29 is 28.2 Å². The normalized spacial score (nSPS) is 10.4. The Balaban J connectivity index is 2.22. The number of carbonyl (C=O) groups is 2. The zero-order chi connectivity index (χ0) is 18.4. The summed E-state index contributed by atoms with van der Waals surface area (Å²) in [5.74, 6) is -3.51. The summed E-state index contributed by atoms with van der Waals surface area (Å²) >= 11 is 0. The Kier molecular flexibility index (Phi) is 5.93. The molecule has 9 heteroatoms. The number of carbonyl (C=O) groups excluding carboxylic acids is 1. The summed E-state index contributed by atoms with van der Waals surface area (Å²) in [4.78, 5) is 24.5. The summed E-state index contributed by atoms with van der Waals surface area (Å²) in [6, 6.07) is 6.04. The van der Waals surface area contributed by atoms with E-state index in [2.05, 4.69) is 10.2 Å². The van der Waals surface area contributed by atoms with Crippen LogP contribution >= 0.6 is 0 Å². The molecule has 25 heavy (non-hydrogen) atoms. The number of nitrogens with zero attached hydrogens (tertiary/aromatic N) is 3. The standard InChI is InChI=1S/C16H15F2N3O4/c1-25-14-5-4-13(19-20-14)16(24)21(7-6-15(22)23)9-10-2-3-11(17)12(18)8-10/h2-5,8H,6-7,9H2,1H3,(H,22,23). The fraction of sp³-hybridized carbons (Fsp3) is 0.250. The Bertz CT molecular complexity index is 768. The Morgan fingerprint density at radius 3 is 2.48 bits per heavy atom. The van der Waals surface area contributed by atoms with Gasteiger partial charge in [-0.1, -0.05) is 6.07 Å². The van der Waals surface area contributed by atoms with E-state index in [1.807, 2.05) is 0 Å². The zero-order valence-electron chi connectivity index (χ0n) is 13.3. The van der Waals surface area contributed by atoms with Crippen LogP contribution in [0.2, 0.25) is 0 Å². The van der Waals surface area contributed by atoms with Crippen molar-refractivity contribution >= 4 is 11.9 Å². The quantitative estimate of drug-likeness (QED) is 0.819. The van der Waals surface area contributed by atoms with Gasteiger partial charge in [-0.2, -0.15) is 0 Å². The number of amides is 1. The summed E-state index contributed by atoms with van der Waals surface area (Å²) in [6.07, 6.45) is -0.307. The van der Waals surface area contributed by atoms with E-state index in [4.69, 9.17) is 9.84 Å². The maximum Gasteiger partial charge on any atom is 0.305 e. The minimum atomic E-state index is -1.09. The van der Waals surface area contributed by atoms with E-state index in [9.17, 15) is 18.4 Å². The van der Waals surface area contributed by atoms with Gasteiger partial charge >= 0.3 is 5.97 Å². The summed E-state index contributed by atoms with van der Waals surface area (Å²) in [6.45, 7) is -0.224. The fourth-order valence-corrected chi connectivity index (χ4v) is 2.05. The van der Waals surface area contributed by atoms with Gasteiger partial charge in [0, 0.05) is 19.2 Å². The van der Waals surface area contributed by atoms with Crippen LogP contribution in [0.15, 0.2) is 30.3 Å². The third kappa shape index (κ3) is 4.93. The number of rotatable bonds is 7. The van der Waals surface area contributed by atoms with Crippen molar-refractivity contribution in [1.82, 2.24) is 15.1 Å². The monoisotopic (exact) mass is 351 g/mol. The van der Waals surface area contributed by atoms with Gasteiger partial charge in [0.15, 0.2) is 17.3 Å². The van der Waals surface area contributed by atoms with Crippen molar-refractivity contribution in [2.75, 3.05) is 13.7 Å². The molecule has 1 aromatic carbocycles. The Labute approximate surface area is 141 Å². The molecule has 0 aliphatic rings. The number of hydrogen-bond donors (Lipinski definition) is 1. The third-order valence-electron chi connectivity index (χ3n) is 3.31. The number of aliphatic carboxylic acids is 1. The van der Waals surface area contributed by atoms with Gasteiger partial charge in [0.1, 0.15) is 0 Å². The lowest BCUT2D eigenvalue weighted by atomic mass is 10.2. The first-order valence-corrected chi connectivity index (χ1v) is 7.23. The predicted octanol–water partition coefficient (Wildman–Crippen LogP) is 1.88. The zero-order valence-corrected chi connectivity index (χ0v) is 13.3. The van der Waals surface area contributed by atoms with E-state index >= 15 is 0 Å². The molecule has 0 atom stereocenters. The molecule has 132 valence electrons. The van der Waals surface area contributed by atoms with Crippen molar-refractivity contribution in [1.29, 1.82) is 0 Å². The minimum absolute atomic E-state index is 0.0197. The highest BCUT2D eigenvalue weighted by Gasteiger charge is 2.20. The summed E-state index contributed by atoms with van der Waals surface area (Å²) in [5.41, 5.74) is 0.299. The summed E-state index contributed by atoms with van der Waals surface area (Å²) in [5, 5.41) is 16.2. The van der Waals surface area contributed by atoms with Crippen LogP contribution < -0.4 is 4.74 Å². The lowest BCUT2D eigenvalue weighted by molar-refractivity contribution is -0.137. The van der Waals surface area contributed by atoms with E-state index < -0.39 is 23.5 Å². The van der Waals surface area contributed by atoms with E-state index in [0.29, 0.717) is 5.56 Å². The van der Waals surface area contributed by atoms with E-state index in [0.717, 1.165) is 12.1 Å². The molecule has 2 aromatic rings. The molecule has 1 N–H and O–H groups in total. The Morgan fingerprint density at radius 2 is 1.92 bits per heavy atom. The minimum Gasteiger partial charge on any atom is -0.481 e. The van der Waals surface area contributed by atoms with Crippen molar-refractivity contribution in [3.8, 4) is 5.88 Å². The van der Waals surface area contributed by atoms with Crippen LogP contribution in [0.25, 0.3) is 0 Å². The highest BCUT2D eigenvalue weighted by atomic mass is 19.2. The van der Waals surface area contributed by atoms with E-state index in [-0.39, 0.29) is 31.1 Å². The Morgan fingerprint density at radius 1 is 1.16 bits per heavy atom. The highest BCUT2D eigenvalue weighted by Crippen LogP contribution is 2.14. The smallest absolute Gasteiger partial charge is 0.305 e. The summed E-state index contributed by atoms with van der Waals surface area (Å²) in [7, 11) is 1.40. The highest BCUT2D eigenvalue weighted by molar-refractivity contribution is 5.92. The lowest BCUT2D eigenvalue weighted by Gasteiger charge is -2.21. The van der Waals surface area contributed by atoms with Gasteiger partial charge in [-0.3, -0.25) is 9.59 Å². The first-order chi connectivity index (χ1) is 11.9. The molecule has 1 heterocycles. The molecule has 0 saturated carbocycles. The molecule has 0 radical (unpaired) electrons. The second-order valence-electron chi connectivity index (χ2n) is 5.08. The molecule has 0 spiro atoms. The molecule has 0 bridgehead atoms.